The van der Waals surface area contributed by atoms with E-state index in [2.05, 4.69) is 22.5 Å². The lowest BCUT2D eigenvalue weighted by Gasteiger charge is -2.26. The van der Waals surface area contributed by atoms with Gasteiger partial charge >= 0.3 is 0 Å². The van der Waals surface area contributed by atoms with E-state index >= 15 is 0 Å². The molecule has 0 radical (unpaired) electrons. The van der Waals surface area contributed by atoms with Gasteiger partial charge in [0.1, 0.15) is 0 Å². The molecule has 1 aliphatic heterocycles. The molecule has 2 N–H and O–H groups in total. The first-order valence-corrected chi connectivity index (χ1v) is 5.87. The highest BCUT2D eigenvalue weighted by molar-refractivity contribution is 5.94. The van der Waals surface area contributed by atoms with Crippen molar-refractivity contribution in [2.24, 2.45) is 5.92 Å². The standard InChI is InChI=1S/C13H19N3O/c1-9-4-5-11(6-12(9)16(2)3)15-13(17)10-7-14-8-10/h4-6,10,14H,7-8H2,1-3H3,(H,15,17). The Balaban J connectivity index is 2.10. The molecule has 1 saturated heterocycles. The minimum atomic E-state index is 0.109. The van der Waals surface area contributed by atoms with Crippen molar-refractivity contribution < 1.29 is 4.79 Å². The number of carbonyl (C=O) groups excluding carboxylic acids is 1. The predicted molar refractivity (Wildman–Crippen MR) is 70.5 cm³/mol. The van der Waals surface area contributed by atoms with Crippen LogP contribution in [0.4, 0.5) is 11.4 Å². The second kappa shape index (κ2) is 4.75. The number of rotatable bonds is 3. The molecule has 0 saturated carbocycles. The highest BCUT2D eigenvalue weighted by atomic mass is 16.2. The molecule has 92 valence electrons. The largest absolute Gasteiger partial charge is 0.377 e. The number of benzene rings is 1. The van der Waals surface area contributed by atoms with Crippen LogP contribution in [0.15, 0.2) is 18.2 Å². The van der Waals surface area contributed by atoms with E-state index in [4.69, 9.17) is 0 Å². The number of aryl methyl sites for hydroxylation is 1. The fraction of sp³-hybridized carbons (Fsp3) is 0.462. The molecule has 4 nitrogen and oxygen atoms in total. The van der Waals surface area contributed by atoms with Crippen LogP contribution >= 0.6 is 0 Å². The van der Waals surface area contributed by atoms with Gasteiger partial charge in [-0.15, -0.1) is 0 Å². The number of hydrogen-bond acceptors (Lipinski definition) is 3. The molecule has 1 aromatic rings. The maximum absolute atomic E-state index is 11.8. The van der Waals surface area contributed by atoms with E-state index in [1.165, 1.54) is 5.56 Å². The molecule has 0 aromatic heterocycles. The normalized spacial score (nSPS) is 15.2. The lowest BCUT2D eigenvalue weighted by Crippen LogP contribution is -2.48. The van der Waals surface area contributed by atoms with Gasteiger partial charge in [-0.3, -0.25) is 4.79 Å². The summed E-state index contributed by atoms with van der Waals surface area (Å²) in [7, 11) is 4.01. The smallest absolute Gasteiger partial charge is 0.230 e. The molecule has 0 spiro atoms. The fourth-order valence-electron chi connectivity index (χ4n) is 1.89. The minimum Gasteiger partial charge on any atom is -0.377 e. The van der Waals surface area contributed by atoms with Crippen molar-refractivity contribution in [2.45, 2.75) is 6.92 Å². The predicted octanol–water partition coefficient (Wildman–Crippen LogP) is 1.22. The van der Waals surface area contributed by atoms with Gasteiger partial charge in [0, 0.05) is 38.6 Å². The van der Waals surface area contributed by atoms with Crippen LogP contribution in [0, 0.1) is 12.8 Å². The van der Waals surface area contributed by atoms with E-state index in [1.807, 2.05) is 32.3 Å². The molecule has 4 heteroatoms. The molecule has 2 rings (SSSR count). The third-order valence-electron chi connectivity index (χ3n) is 3.11. The van der Waals surface area contributed by atoms with Crippen LogP contribution in [0.2, 0.25) is 0 Å². The third-order valence-corrected chi connectivity index (χ3v) is 3.11. The maximum atomic E-state index is 11.8. The molecular weight excluding hydrogens is 214 g/mol. The van der Waals surface area contributed by atoms with Gasteiger partial charge in [0.05, 0.1) is 5.92 Å². The van der Waals surface area contributed by atoms with Crippen LogP contribution in [-0.4, -0.2) is 33.1 Å². The van der Waals surface area contributed by atoms with E-state index < -0.39 is 0 Å². The Bertz CT molecular complexity index is 425. The molecule has 0 unspecified atom stereocenters. The van der Waals surface area contributed by atoms with Gasteiger partial charge in [0.2, 0.25) is 5.91 Å². The van der Waals surface area contributed by atoms with Crippen LogP contribution in [-0.2, 0) is 4.79 Å². The van der Waals surface area contributed by atoms with Gasteiger partial charge in [-0.1, -0.05) is 6.07 Å². The van der Waals surface area contributed by atoms with E-state index in [-0.39, 0.29) is 11.8 Å². The van der Waals surface area contributed by atoms with Gasteiger partial charge < -0.3 is 15.5 Å². The molecule has 0 bridgehead atoms. The Morgan fingerprint density at radius 2 is 2.12 bits per heavy atom. The highest BCUT2D eigenvalue weighted by Gasteiger charge is 2.24. The topological polar surface area (TPSA) is 44.4 Å². The van der Waals surface area contributed by atoms with Crippen molar-refractivity contribution in [3.63, 3.8) is 0 Å². The van der Waals surface area contributed by atoms with Crippen molar-refractivity contribution in [2.75, 3.05) is 37.4 Å². The summed E-state index contributed by atoms with van der Waals surface area (Å²) < 4.78 is 0. The lowest BCUT2D eigenvalue weighted by atomic mass is 10.0. The summed E-state index contributed by atoms with van der Waals surface area (Å²) in [5.41, 5.74) is 3.21. The van der Waals surface area contributed by atoms with Crippen LogP contribution in [0.1, 0.15) is 5.56 Å². The minimum absolute atomic E-state index is 0.109. The summed E-state index contributed by atoms with van der Waals surface area (Å²) in [6, 6.07) is 6.00. The third kappa shape index (κ3) is 2.58. The second-order valence-corrected chi connectivity index (χ2v) is 4.74. The zero-order valence-corrected chi connectivity index (χ0v) is 10.6. The zero-order chi connectivity index (χ0) is 12.4. The summed E-state index contributed by atoms with van der Waals surface area (Å²) >= 11 is 0. The van der Waals surface area contributed by atoms with Crippen molar-refractivity contribution in [1.29, 1.82) is 0 Å². The number of carbonyl (C=O) groups is 1. The molecule has 1 amide bonds. The molecule has 1 aromatic carbocycles. The van der Waals surface area contributed by atoms with Crippen molar-refractivity contribution in [3.8, 4) is 0 Å². The Morgan fingerprint density at radius 1 is 1.41 bits per heavy atom. The molecule has 0 aliphatic carbocycles. The first-order valence-electron chi connectivity index (χ1n) is 5.87. The van der Waals surface area contributed by atoms with Crippen LogP contribution in [0.5, 0.6) is 0 Å². The van der Waals surface area contributed by atoms with E-state index in [0.717, 1.165) is 24.5 Å². The van der Waals surface area contributed by atoms with Gasteiger partial charge in [-0.05, 0) is 24.6 Å². The summed E-state index contributed by atoms with van der Waals surface area (Å²) in [6.07, 6.45) is 0. The first-order chi connectivity index (χ1) is 8.08. The molecular formula is C13H19N3O. The number of nitrogens with zero attached hydrogens (tertiary/aromatic N) is 1. The molecule has 1 heterocycles. The van der Waals surface area contributed by atoms with E-state index in [0.29, 0.717) is 0 Å². The Morgan fingerprint density at radius 3 is 2.65 bits per heavy atom. The van der Waals surface area contributed by atoms with E-state index in [1.54, 1.807) is 0 Å². The lowest BCUT2D eigenvalue weighted by molar-refractivity contribution is -0.121. The summed E-state index contributed by atoms with van der Waals surface area (Å²) in [5.74, 6) is 0.233. The summed E-state index contributed by atoms with van der Waals surface area (Å²) in [5, 5.41) is 6.06. The molecule has 17 heavy (non-hydrogen) atoms. The maximum Gasteiger partial charge on any atom is 0.230 e. The van der Waals surface area contributed by atoms with Gasteiger partial charge in [-0.2, -0.15) is 0 Å². The van der Waals surface area contributed by atoms with Crippen molar-refractivity contribution >= 4 is 17.3 Å². The molecule has 1 aliphatic rings. The first kappa shape index (κ1) is 11.9. The Hall–Kier alpha value is -1.55. The fourth-order valence-corrected chi connectivity index (χ4v) is 1.89. The zero-order valence-electron chi connectivity index (χ0n) is 10.6. The Kier molecular flexibility index (Phi) is 3.33. The van der Waals surface area contributed by atoms with Crippen molar-refractivity contribution in [1.82, 2.24) is 5.32 Å². The number of anilines is 2. The summed E-state index contributed by atoms with van der Waals surface area (Å²) in [6.45, 7) is 3.65. The van der Waals surface area contributed by atoms with Gasteiger partial charge in [0.25, 0.3) is 0 Å². The SMILES string of the molecule is Cc1ccc(NC(=O)C2CNC2)cc1N(C)C. The van der Waals surface area contributed by atoms with Crippen LogP contribution in [0.3, 0.4) is 0 Å². The van der Waals surface area contributed by atoms with Crippen molar-refractivity contribution in [3.05, 3.63) is 23.8 Å². The van der Waals surface area contributed by atoms with E-state index in [9.17, 15) is 4.79 Å². The van der Waals surface area contributed by atoms with Crippen LogP contribution in [0.25, 0.3) is 0 Å². The number of amides is 1. The number of hydrogen-bond donors (Lipinski definition) is 2. The Labute approximate surface area is 102 Å². The average Bonchev–Trinajstić information content (AvgIpc) is 2.17. The van der Waals surface area contributed by atoms with Gasteiger partial charge in [-0.25, -0.2) is 0 Å². The van der Waals surface area contributed by atoms with Crippen LogP contribution < -0.4 is 15.5 Å². The quantitative estimate of drug-likeness (QED) is 0.825. The highest BCUT2D eigenvalue weighted by Crippen LogP contribution is 2.23. The molecule has 0 atom stereocenters. The summed E-state index contributed by atoms with van der Waals surface area (Å²) in [4.78, 5) is 13.8. The average molecular weight is 233 g/mol. The molecule has 1 fully saturated rings. The monoisotopic (exact) mass is 233 g/mol. The van der Waals surface area contributed by atoms with Gasteiger partial charge in [0.15, 0.2) is 0 Å². The second-order valence-electron chi connectivity index (χ2n) is 4.74. The number of nitrogens with one attached hydrogen (secondary N) is 2.